The number of halogens is 2. The molecule has 0 spiro atoms. The molecule has 80 valence electrons. The standard InChI is InChI=1S/C11H11F2NS/c1-14-5-4-7-6-15-11-9(13)3-2-8(12)10(7)11/h2-3,6,14H,4-5H2,1H3. The van der Waals surface area contributed by atoms with Crippen LogP contribution in [0.25, 0.3) is 10.1 Å². The van der Waals surface area contributed by atoms with E-state index in [1.807, 2.05) is 12.4 Å². The summed E-state index contributed by atoms with van der Waals surface area (Å²) in [5, 5.41) is 5.26. The molecule has 1 aromatic heterocycles. The summed E-state index contributed by atoms with van der Waals surface area (Å²) in [4.78, 5) is 0. The van der Waals surface area contributed by atoms with Crippen molar-refractivity contribution in [2.45, 2.75) is 6.42 Å². The first-order valence-electron chi connectivity index (χ1n) is 4.72. The van der Waals surface area contributed by atoms with Crippen LogP contribution in [0, 0.1) is 11.6 Å². The fourth-order valence-electron chi connectivity index (χ4n) is 1.58. The van der Waals surface area contributed by atoms with Crippen molar-refractivity contribution in [3.63, 3.8) is 0 Å². The van der Waals surface area contributed by atoms with Gasteiger partial charge in [0.1, 0.15) is 11.6 Å². The second-order valence-corrected chi connectivity index (χ2v) is 4.23. The Bertz CT molecular complexity index is 479. The maximum Gasteiger partial charge on any atom is 0.141 e. The average molecular weight is 227 g/mol. The third-order valence-corrected chi connectivity index (χ3v) is 3.38. The zero-order chi connectivity index (χ0) is 10.8. The van der Waals surface area contributed by atoms with Crippen molar-refractivity contribution in [1.82, 2.24) is 5.32 Å². The van der Waals surface area contributed by atoms with E-state index in [0.29, 0.717) is 10.1 Å². The van der Waals surface area contributed by atoms with Gasteiger partial charge in [-0.05, 0) is 43.1 Å². The average Bonchev–Trinajstić information content (AvgIpc) is 2.65. The smallest absolute Gasteiger partial charge is 0.141 e. The molecule has 0 aliphatic carbocycles. The number of benzene rings is 1. The van der Waals surface area contributed by atoms with Crippen LogP contribution in [0.15, 0.2) is 17.5 Å². The number of likely N-dealkylation sites (N-methyl/N-ethyl adjacent to an activating group) is 1. The fraction of sp³-hybridized carbons (Fsp3) is 0.273. The third kappa shape index (κ3) is 1.87. The van der Waals surface area contributed by atoms with Gasteiger partial charge in [-0.1, -0.05) is 0 Å². The Morgan fingerprint density at radius 1 is 1.27 bits per heavy atom. The van der Waals surface area contributed by atoms with Crippen molar-refractivity contribution >= 4 is 21.4 Å². The van der Waals surface area contributed by atoms with E-state index in [1.54, 1.807) is 0 Å². The van der Waals surface area contributed by atoms with Crippen molar-refractivity contribution < 1.29 is 8.78 Å². The van der Waals surface area contributed by atoms with Crippen LogP contribution in [0.4, 0.5) is 8.78 Å². The Morgan fingerprint density at radius 3 is 2.73 bits per heavy atom. The first kappa shape index (κ1) is 10.5. The minimum atomic E-state index is -0.341. The topological polar surface area (TPSA) is 12.0 Å². The van der Waals surface area contributed by atoms with Crippen LogP contribution in [-0.2, 0) is 6.42 Å². The van der Waals surface area contributed by atoms with Crippen LogP contribution in [-0.4, -0.2) is 13.6 Å². The summed E-state index contributed by atoms with van der Waals surface area (Å²) in [5.41, 5.74) is 0.876. The van der Waals surface area contributed by atoms with Gasteiger partial charge < -0.3 is 5.32 Å². The molecule has 1 aromatic carbocycles. The molecule has 0 aliphatic rings. The molecular weight excluding hydrogens is 216 g/mol. The highest BCUT2D eigenvalue weighted by molar-refractivity contribution is 7.17. The van der Waals surface area contributed by atoms with E-state index < -0.39 is 0 Å². The molecule has 1 nitrogen and oxygen atoms in total. The van der Waals surface area contributed by atoms with Crippen LogP contribution >= 0.6 is 11.3 Å². The predicted octanol–water partition coefficient (Wildman–Crippen LogP) is 2.94. The number of nitrogens with one attached hydrogen (secondary N) is 1. The molecule has 1 N–H and O–H groups in total. The molecule has 0 radical (unpaired) electrons. The molecule has 0 saturated carbocycles. The largest absolute Gasteiger partial charge is 0.319 e. The first-order valence-corrected chi connectivity index (χ1v) is 5.60. The van der Waals surface area contributed by atoms with Gasteiger partial charge in [0.15, 0.2) is 0 Å². The van der Waals surface area contributed by atoms with Crippen LogP contribution in [0.1, 0.15) is 5.56 Å². The zero-order valence-electron chi connectivity index (χ0n) is 8.31. The van der Waals surface area contributed by atoms with Gasteiger partial charge in [-0.3, -0.25) is 0 Å². The summed E-state index contributed by atoms with van der Waals surface area (Å²) in [6.07, 6.45) is 0.719. The lowest BCUT2D eigenvalue weighted by Crippen LogP contribution is -2.10. The maximum atomic E-state index is 13.5. The molecule has 1 heterocycles. The molecule has 2 aromatic rings. The van der Waals surface area contributed by atoms with Crippen molar-refractivity contribution in [2.75, 3.05) is 13.6 Å². The predicted molar refractivity (Wildman–Crippen MR) is 59.4 cm³/mol. The van der Waals surface area contributed by atoms with E-state index in [1.165, 1.54) is 23.5 Å². The zero-order valence-corrected chi connectivity index (χ0v) is 9.13. The van der Waals surface area contributed by atoms with Crippen LogP contribution in [0.2, 0.25) is 0 Å². The lowest BCUT2D eigenvalue weighted by Gasteiger charge is -2.00. The third-order valence-electron chi connectivity index (χ3n) is 2.34. The van der Waals surface area contributed by atoms with Crippen molar-refractivity contribution in [3.05, 3.63) is 34.7 Å². The first-order chi connectivity index (χ1) is 7.24. The molecule has 15 heavy (non-hydrogen) atoms. The van der Waals surface area contributed by atoms with E-state index in [9.17, 15) is 8.78 Å². The Balaban J connectivity index is 2.53. The van der Waals surface area contributed by atoms with E-state index >= 15 is 0 Å². The van der Waals surface area contributed by atoms with Crippen LogP contribution in [0.3, 0.4) is 0 Å². The van der Waals surface area contributed by atoms with Gasteiger partial charge in [0.25, 0.3) is 0 Å². The second kappa shape index (κ2) is 4.24. The summed E-state index contributed by atoms with van der Waals surface area (Å²) in [5.74, 6) is -0.675. The lowest BCUT2D eigenvalue weighted by molar-refractivity contribution is 0.618. The minimum Gasteiger partial charge on any atom is -0.319 e. The Morgan fingerprint density at radius 2 is 2.00 bits per heavy atom. The summed E-state index contributed by atoms with van der Waals surface area (Å²) in [6, 6.07) is 2.36. The summed E-state index contributed by atoms with van der Waals surface area (Å²) in [6.45, 7) is 0.766. The van der Waals surface area contributed by atoms with Crippen LogP contribution < -0.4 is 5.32 Å². The van der Waals surface area contributed by atoms with Gasteiger partial charge >= 0.3 is 0 Å². The Hall–Kier alpha value is -1.00. The molecule has 4 heteroatoms. The molecule has 0 fully saturated rings. The van der Waals surface area contributed by atoms with Gasteiger partial charge in [-0.15, -0.1) is 11.3 Å². The molecule has 0 aliphatic heterocycles. The lowest BCUT2D eigenvalue weighted by atomic mass is 10.1. The fourth-order valence-corrected chi connectivity index (χ4v) is 2.60. The van der Waals surface area contributed by atoms with Crippen LogP contribution in [0.5, 0.6) is 0 Å². The Kier molecular flexibility index (Phi) is 2.98. The number of thiophene rings is 1. The number of hydrogen-bond donors (Lipinski definition) is 1. The normalized spacial score (nSPS) is 11.1. The highest BCUT2D eigenvalue weighted by Gasteiger charge is 2.12. The summed E-state index contributed by atoms with van der Waals surface area (Å²) >= 11 is 1.26. The SMILES string of the molecule is CNCCc1csc2c(F)ccc(F)c12. The number of fused-ring (bicyclic) bond motifs is 1. The number of rotatable bonds is 3. The summed E-state index contributed by atoms with van der Waals surface area (Å²) < 4.78 is 27.3. The van der Waals surface area contributed by atoms with Gasteiger partial charge in [-0.25, -0.2) is 8.78 Å². The van der Waals surface area contributed by atoms with Crippen molar-refractivity contribution in [3.8, 4) is 0 Å². The molecule has 0 saturated heterocycles. The van der Waals surface area contributed by atoms with E-state index in [0.717, 1.165) is 18.5 Å². The number of hydrogen-bond acceptors (Lipinski definition) is 2. The Labute approximate surface area is 90.7 Å². The molecule has 0 bridgehead atoms. The van der Waals surface area contributed by atoms with Crippen molar-refractivity contribution in [2.24, 2.45) is 0 Å². The van der Waals surface area contributed by atoms with Crippen molar-refractivity contribution in [1.29, 1.82) is 0 Å². The highest BCUT2D eigenvalue weighted by atomic mass is 32.1. The van der Waals surface area contributed by atoms with E-state index in [2.05, 4.69) is 5.32 Å². The maximum absolute atomic E-state index is 13.5. The minimum absolute atomic E-state index is 0.334. The molecule has 0 unspecified atom stereocenters. The van der Waals surface area contributed by atoms with Gasteiger partial charge in [0, 0.05) is 5.39 Å². The second-order valence-electron chi connectivity index (χ2n) is 3.35. The highest BCUT2D eigenvalue weighted by Crippen LogP contribution is 2.30. The van der Waals surface area contributed by atoms with Gasteiger partial charge in [-0.2, -0.15) is 0 Å². The molecular formula is C11H11F2NS. The van der Waals surface area contributed by atoms with E-state index in [4.69, 9.17) is 0 Å². The van der Waals surface area contributed by atoms with Gasteiger partial charge in [0.05, 0.1) is 4.70 Å². The molecule has 2 rings (SSSR count). The quantitative estimate of drug-likeness (QED) is 0.850. The summed E-state index contributed by atoms with van der Waals surface area (Å²) in [7, 11) is 1.84. The monoisotopic (exact) mass is 227 g/mol. The van der Waals surface area contributed by atoms with E-state index in [-0.39, 0.29) is 11.6 Å². The molecule has 0 atom stereocenters. The molecule has 0 amide bonds. The van der Waals surface area contributed by atoms with Gasteiger partial charge in [0.2, 0.25) is 0 Å².